The summed E-state index contributed by atoms with van der Waals surface area (Å²) in [6, 6.07) is 19.7. The van der Waals surface area contributed by atoms with Gasteiger partial charge in [-0.2, -0.15) is 0 Å². The Kier molecular flexibility index (Phi) is 5.00. The van der Waals surface area contributed by atoms with Crippen LogP contribution < -0.4 is 10.0 Å². The Bertz CT molecular complexity index is 923. The van der Waals surface area contributed by atoms with Crippen LogP contribution in [0, 0.1) is 0 Å². The molecule has 0 bridgehead atoms. The number of aryl methyl sites for hydroxylation is 1. The van der Waals surface area contributed by atoms with E-state index in [4.69, 9.17) is 0 Å². The van der Waals surface area contributed by atoms with Crippen molar-refractivity contribution in [2.45, 2.75) is 18.2 Å². The fraction of sp³-hybridized carbons (Fsp3) is 0.105. The summed E-state index contributed by atoms with van der Waals surface area (Å²) in [5.41, 5.74) is 2.61. The zero-order valence-corrected chi connectivity index (χ0v) is 14.6. The summed E-state index contributed by atoms with van der Waals surface area (Å²) in [5, 5.41) is 3.19. The number of pyridine rings is 1. The van der Waals surface area contributed by atoms with Crippen LogP contribution in [0.25, 0.3) is 0 Å². The SMILES string of the molecule is CCc1ccc(Nc2ccc(NS(=O)(=O)c3ccccc3)cn2)cc1. The van der Waals surface area contributed by atoms with Crippen molar-refractivity contribution in [2.75, 3.05) is 10.0 Å². The fourth-order valence-electron chi connectivity index (χ4n) is 2.31. The second kappa shape index (κ2) is 7.36. The molecule has 25 heavy (non-hydrogen) atoms. The van der Waals surface area contributed by atoms with Gasteiger partial charge >= 0.3 is 0 Å². The predicted molar refractivity (Wildman–Crippen MR) is 101 cm³/mol. The molecule has 0 atom stereocenters. The van der Waals surface area contributed by atoms with Crippen LogP contribution in [0.2, 0.25) is 0 Å². The Morgan fingerprint density at radius 3 is 2.16 bits per heavy atom. The molecule has 0 aliphatic rings. The molecule has 0 aliphatic heterocycles. The number of sulfonamides is 1. The lowest BCUT2D eigenvalue weighted by atomic mass is 10.1. The maximum Gasteiger partial charge on any atom is 0.261 e. The van der Waals surface area contributed by atoms with Gasteiger partial charge < -0.3 is 5.32 Å². The average molecular weight is 353 g/mol. The maximum absolute atomic E-state index is 12.3. The van der Waals surface area contributed by atoms with Crippen molar-refractivity contribution < 1.29 is 8.42 Å². The van der Waals surface area contributed by atoms with Gasteiger partial charge in [-0.15, -0.1) is 0 Å². The Balaban J connectivity index is 1.69. The topological polar surface area (TPSA) is 71.1 Å². The highest BCUT2D eigenvalue weighted by Gasteiger charge is 2.13. The van der Waals surface area contributed by atoms with Crippen molar-refractivity contribution in [1.29, 1.82) is 0 Å². The van der Waals surface area contributed by atoms with Gasteiger partial charge in [-0.1, -0.05) is 37.3 Å². The minimum atomic E-state index is -3.60. The van der Waals surface area contributed by atoms with Crippen molar-refractivity contribution in [3.05, 3.63) is 78.5 Å². The Morgan fingerprint density at radius 1 is 0.880 bits per heavy atom. The maximum atomic E-state index is 12.3. The molecule has 6 heteroatoms. The number of hydrogen-bond donors (Lipinski definition) is 2. The predicted octanol–water partition coefficient (Wildman–Crippen LogP) is 4.19. The number of hydrogen-bond acceptors (Lipinski definition) is 4. The van der Waals surface area contributed by atoms with Gasteiger partial charge in [0.15, 0.2) is 0 Å². The Hall–Kier alpha value is -2.86. The van der Waals surface area contributed by atoms with E-state index in [0.717, 1.165) is 12.1 Å². The number of benzene rings is 2. The molecule has 1 aromatic heterocycles. The molecule has 128 valence electrons. The van der Waals surface area contributed by atoms with Crippen LogP contribution >= 0.6 is 0 Å². The molecule has 3 aromatic rings. The summed E-state index contributed by atoms with van der Waals surface area (Å²) in [6.07, 6.45) is 2.48. The molecule has 3 rings (SSSR count). The van der Waals surface area contributed by atoms with Crippen molar-refractivity contribution >= 4 is 27.2 Å². The summed E-state index contributed by atoms with van der Waals surface area (Å²) >= 11 is 0. The molecule has 0 saturated carbocycles. The molecule has 0 spiro atoms. The molecular weight excluding hydrogens is 334 g/mol. The first-order valence-corrected chi connectivity index (χ1v) is 9.45. The lowest BCUT2D eigenvalue weighted by Gasteiger charge is -2.09. The van der Waals surface area contributed by atoms with Crippen LogP contribution in [0.4, 0.5) is 17.2 Å². The van der Waals surface area contributed by atoms with Crippen LogP contribution in [0.15, 0.2) is 77.8 Å². The van der Waals surface area contributed by atoms with E-state index in [2.05, 4.69) is 34.1 Å². The summed E-state index contributed by atoms with van der Waals surface area (Å²) in [7, 11) is -3.60. The summed E-state index contributed by atoms with van der Waals surface area (Å²) in [4.78, 5) is 4.47. The lowest BCUT2D eigenvalue weighted by molar-refractivity contribution is 0.601. The normalized spacial score (nSPS) is 11.1. The average Bonchev–Trinajstić information content (AvgIpc) is 2.64. The number of nitrogens with zero attached hydrogens (tertiary/aromatic N) is 1. The highest BCUT2D eigenvalue weighted by atomic mass is 32.2. The third-order valence-corrected chi connectivity index (χ3v) is 5.10. The lowest BCUT2D eigenvalue weighted by Crippen LogP contribution is -2.13. The van der Waals surface area contributed by atoms with Crippen molar-refractivity contribution in [1.82, 2.24) is 4.98 Å². The first-order chi connectivity index (χ1) is 12.1. The third-order valence-electron chi connectivity index (χ3n) is 3.70. The molecular formula is C19H19N3O2S. The molecule has 1 heterocycles. The zero-order valence-electron chi connectivity index (χ0n) is 13.8. The van der Waals surface area contributed by atoms with E-state index in [1.807, 2.05) is 12.1 Å². The summed E-state index contributed by atoms with van der Waals surface area (Å²) in [5.74, 6) is 0.645. The molecule has 0 radical (unpaired) electrons. The van der Waals surface area contributed by atoms with Gasteiger partial charge in [-0.25, -0.2) is 13.4 Å². The number of anilines is 3. The number of rotatable bonds is 6. The minimum Gasteiger partial charge on any atom is -0.340 e. The number of nitrogens with one attached hydrogen (secondary N) is 2. The van der Waals surface area contributed by atoms with E-state index in [-0.39, 0.29) is 4.90 Å². The quantitative estimate of drug-likeness (QED) is 0.697. The van der Waals surface area contributed by atoms with Crippen LogP contribution in [0.3, 0.4) is 0 Å². The molecule has 0 amide bonds. The van der Waals surface area contributed by atoms with Gasteiger partial charge in [0, 0.05) is 5.69 Å². The van der Waals surface area contributed by atoms with Gasteiger partial charge in [0.05, 0.1) is 16.8 Å². The van der Waals surface area contributed by atoms with Gasteiger partial charge in [-0.05, 0) is 48.4 Å². The van der Waals surface area contributed by atoms with Crippen LogP contribution in [-0.2, 0) is 16.4 Å². The second-order valence-corrected chi connectivity index (χ2v) is 7.21. The molecule has 2 N–H and O–H groups in total. The molecule has 0 saturated heterocycles. The van der Waals surface area contributed by atoms with Crippen molar-refractivity contribution in [2.24, 2.45) is 0 Å². The number of aromatic nitrogens is 1. The third kappa shape index (κ3) is 4.36. The van der Waals surface area contributed by atoms with E-state index in [0.29, 0.717) is 11.5 Å². The zero-order chi connectivity index (χ0) is 17.7. The molecule has 0 unspecified atom stereocenters. The second-order valence-electron chi connectivity index (χ2n) is 5.53. The van der Waals surface area contributed by atoms with E-state index in [1.165, 1.54) is 11.8 Å². The first kappa shape index (κ1) is 17.0. The molecule has 5 nitrogen and oxygen atoms in total. The van der Waals surface area contributed by atoms with E-state index >= 15 is 0 Å². The largest absolute Gasteiger partial charge is 0.340 e. The monoisotopic (exact) mass is 353 g/mol. The first-order valence-electron chi connectivity index (χ1n) is 7.97. The van der Waals surface area contributed by atoms with Gasteiger partial charge in [-0.3, -0.25) is 4.72 Å². The summed E-state index contributed by atoms with van der Waals surface area (Å²) < 4.78 is 27.1. The minimum absolute atomic E-state index is 0.216. The Labute approximate surface area is 147 Å². The molecule has 0 aliphatic carbocycles. The standard InChI is InChI=1S/C19H19N3O2S/c1-2-15-8-10-16(11-9-15)21-19-13-12-17(14-20-19)22-25(23,24)18-6-4-3-5-7-18/h3-14,22H,2H2,1H3,(H,20,21). The van der Waals surface area contributed by atoms with Gasteiger partial charge in [0.25, 0.3) is 10.0 Å². The van der Waals surface area contributed by atoms with E-state index in [9.17, 15) is 8.42 Å². The summed E-state index contributed by atoms with van der Waals surface area (Å²) in [6.45, 7) is 2.11. The van der Waals surface area contributed by atoms with Crippen molar-refractivity contribution in [3.8, 4) is 0 Å². The fourth-order valence-corrected chi connectivity index (χ4v) is 3.38. The smallest absolute Gasteiger partial charge is 0.261 e. The molecule has 2 aromatic carbocycles. The van der Waals surface area contributed by atoms with Crippen molar-refractivity contribution in [3.63, 3.8) is 0 Å². The molecule has 0 fully saturated rings. The van der Waals surface area contributed by atoms with E-state index in [1.54, 1.807) is 42.5 Å². The van der Waals surface area contributed by atoms with Gasteiger partial charge in [0.2, 0.25) is 0 Å². The van der Waals surface area contributed by atoms with Crippen LogP contribution in [0.1, 0.15) is 12.5 Å². The van der Waals surface area contributed by atoms with E-state index < -0.39 is 10.0 Å². The highest BCUT2D eigenvalue weighted by molar-refractivity contribution is 7.92. The van der Waals surface area contributed by atoms with Crippen LogP contribution in [0.5, 0.6) is 0 Å². The Morgan fingerprint density at radius 2 is 1.56 bits per heavy atom. The van der Waals surface area contributed by atoms with Gasteiger partial charge in [0.1, 0.15) is 5.82 Å². The highest BCUT2D eigenvalue weighted by Crippen LogP contribution is 2.19. The van der Waals surface area contributed by atoms with Crippen LogP contribution in [-0.4, -0.2) is 13.4 Å².